The molecule has 31 heavy (non-hydrogen) atoms. The van der Waals surface area contributed by atoms with Crippen LogP contribution in [0.1, 0.15) is 47.4 Å². The minimum Gasteiger partial charge on any atom is -0.508 e. The molecule has 4 aromatic rings. The van der Waals surface area contributed by atoms with Gasteiger partial charge in [-0.05, 0) is 54.5 Å². The normalized spacial score (nSPS) is 12.1. The molecule has 158 valence electrons. The van der Waals surface area contributed by atoms with Crippen molar-refractivity contribution in [3.8, 4) is 5.75 Å². The number of Topliss-reactive ketones (excluding diaryl/α,β-unsaturated/α-hetero) is 1. The van der Waals surface area contributed by atoms with E-state index in [1.54, 1.807) is 18.3 Å². The van der Waals surface area contributed by atoms with Crippen molar-refractivity contribution in [1.29, 1.82) is 0 Å². The Morgan fingerprint density at radius 2 is 2.06 bits per heavy atom. The first-order valence-electron chi connectivity index (χ1n) is 9.93. The number of para-hydroxylation sites is 1. The Morgan fingerprint density at radius 3 is 2.87 bits per heavy atom. The molecule has 0 amide bonds. The van der Waals surface area contributed by atoms with Gasteiger partial charge in [0.1, 0.15) is 17.3 Å². The van der Waals surface area contributed by atoms with Gasteiger partial charge in [-0.25, -0.2) is 14.4 Å². The number of halogens is 1. The van der Waals surface area contributed by atoms with Crippen LogP contribution in [0.25, 0.3) is 10.2 Å². The van der Waals surface area contributed by atoms with Crippen LogP contribution in [0.4, 0.5) is 10.3 Å². The largest absolute Gasteiger partial charge is 0.508 e. The summed E-state index contributed by atoms with van der Waals surface area (Å²) in [6.07, 6.45) is 4.24. The summed E-state index contributed by atoms with van der Waals surface area (Å²) in [6, 6.07) is 10.1. The summed E-state index contributed by atoms with van der Waals surface area (Å²) in [5.41, 5.74) is 2.55. The summed E-state index contributed by atoms with van der Waals surface area (Å²) < 4.78 is 14.2. The van der Waals surface area contributed by atoms with Gasteiger partial charge >= 0.3 is 0 Å². The van der Waals surface area contributed by atoms with E-state index in [2.05, 4.69) is 20.3 Å². The van der Waals surface area contributed by atoms with E-state index in [4.69, 9.17) is 0 Å². The van der Waals surface area contributed by atoms with Crippen LogP contribution < -0.4 is 5.32 Å². The van der Waals surface area contributed by atoms with Crippen LogP contribution in [0, 0.1) is 5.82 Å². The van der Waals surface area contributed by atoms with Gasteiger partial charge in [-0.3, -0.25) is 9.78 Å². The van der Waals surface area contributed by atoms with Gasteiger partial charge in [0.25, 0.3) is 0 Å². The molecule has 0 aliphatic carbocycles. The van der Waals surface area contributed by atoms with Crippen LogP contribution in [0.5, 0.6) is 5.75 Å². The predicted octanol–water partition coefficient (Wildman–Crippen LogP) is 5.31. The van der Waals surface area contributed by atoms with Crippen LogP contribution in [0.15, 0.2) is 54.2 Å². The fourth-order valence-electron chi connectivity index (χ4n) is 3.34. The number of ketones is 1. The summed E-state index contributed by atoms with van der Waals surface area (Å²) in [5, 5.41) is 14.9. The van der Waals surface area contributed by atoms with E-state index in [1.807, 2.05) is 30.5 Å². The van der Waals surface area contributed by atoms with Gasteiger partial charge in [-0.1, -0.05) is 18.2 Å². The second-order valence-corrected chi connectivity index (χ2v) is 8.15. The molecular weight excluding hydrogens is 415 g/mol. The molecule has 0 bridgehead atoms. The Morgan fingerprint density at radius 1 is 1.23 bits per heavy atom. The predicted molar refractivity (Wildman–Crippen MR) is 119 cm³/mol. The number of aromatic nitrogens is 3. The maximum atomic E-state index is 13.5. The summed E-state index contributed by atoms with van der Waals surface area (Å²) in [5.74, 6) is 0.0609. The van der Waals surface area contributed by atoms with E-state index in [-0.39, 0.29) is 17.6 Å². The van der Waals surface area contributed by atoms with Crippen LogP contribution >= 0.6 is 11.3 Å². The number of pyridine rings is 1. The molecule has 1 atom stereocenters. The van der Waals surface area contributed by atoms with Crippen LogP contribution in [-0.2, 0) is 6.42 Å². The number of nitrogens with one attached hydrogen (secondary N) is 1. The Labute approximate surface area is 182 Å². The van der Waals surface area contributed by atoms with E-state index in [0.717, 1.165) is 16.5 Å². The van der Waals surface area contributed by atoms with Crippen molar-refractivity contribution in [3.63, 3.8) is 0 Å². The van der Waals surface area contributed by atoms with Crippen molar-refractivity contribution < 1.29 is 14.3 Å². The number of hydrogen-bond acceptors (Lipinski definition) is 7. The maximum Gasteiger partial charge on any atom is 0.224 e. The first-order valence-corrected chi connectivity index (χ1v) is 10.8. The third kappa shape index (κ3) is 4.86. The van der Waals surface area contributed by atoms with Crippen molar-refractivity contribution in [3.05, 3.63) is 76.8 Å². The third-order valence-corrected chi connectivity index (χ3v) is 5.89. The quantitative estimate of drug-likeness (QED) is 0.364. The molecule has 0 saturated heterocycles. The van der Waals surface area contributed by atoms with Crippen LogP contribution in [0.2, 0.25) is 0 Å². The van der Waals surface area contributed by atoms with Crippen molar-refractivity contribution in [2.24, 2.45) is 0 Å². The Bertz CT molecular complexity index is 1230. The van der Waals surface area contributed by atoms with Gasteiger partial charge in [0, 0.05) is 12.6 Å². The van der Waals surface area contributed by atoms with E-state index in [1.165, 1.54) is 17.4 Å². The highest BCUT2D eigenvalue weighted by atomic mass is 32.1. The van der Waals surface area contributed by atoms with E-state index in [9.17, 15) is 14.3 Å². The number of thiophene rings is 1. The molecule has 3 heterocycles. The van der Waals surface area contributed by atoms with Crippen molar-refractivity contribution in [2.45, 2.75) is 32.2 Å². The molecule has 0 radical (unpaired) electrons. The molecule has 0 unspecified atom stereocenters. The highest BCUT2D eigenvalue weighted by Crippen LogP contribution is 2.27. The number of aryl methyl sites for hydroxylation is 1. The molecule has 0 aliphatic heterocycles. The van der Waals surface area contributed by atoms with Gasteiger partial charge in [-0.15, -0.1) is 11.3 Å². The average molecular weight is 437 g/mol. The number of hydrogen-bond donors (Lipinski definition) is 2. The molecule has 0 spiro atoms. The maximum absolute atomic E-state index is 13.5. The van der Waals surface area contributed by atoms with Crippen molar-refractivity contribution >= 4 is 33.3 Å². The van der Waals surface area contributed by atoms with Gasteiger partial charge in [0.2, 0.25) is 5.95 Å². The summed E-state index contributed by atoms with van der Waals surface area (Å²) in [6.45, 7) is 1.85. The highest BCUT2D eigenvalue weighted by molar-refractivity contribution is 7.17. The number of nitrogens with zero attached hydrogens (tertiary/aromatic N) is 3. The lowest BCUT2D eigenvalue weighted by Gasteiger charge is -2.14. The first kappa shape index (κ1) is 20.9. The summed E-state index contributed by atoms with van der Waals surface area (Å²) in [4.78, 5) is 25.8. The molecule has 4 rings (SSSR count). The fourth-order valence-corrected chi connectivity index (χ4v) is 4.18. The first-order chi connectivity index (χ1) is 15.0. The highest BCUT2D eigenvalue weighted by Gasteiger charge is 2.18. The standard InChI is InChI=1S/C23H21FN4O2S/c1-14(16-11-17(24)13-25-12-16)26-23-27-18-9-10-31-22(18)21(28-23)20(30)8-4-6-15-5-2-3-7-19(15)29/h2-3,5,7,9-14,29H,4,6,8H2,1H3,(H,26,27,28)/t14-/m0/s1. The zero-order valence-electron chi connectivity index (χ0n) is 16.9. The monoisotopic (exact) mass is 436 g/mol. The summed E-state index contributed by atoms with van der Waals surface area (Å²) >= 11 is 1.43. The van der Waals surface area contributed by atoms with E-state index >= 15 is 0 Å². The Kier molecular flexibility index (Phi) is 6.18. The van der Waals surface area contributed by atoms with Crippen LogP contribution in [0.3, 0.4) is 0 Å². The number of phenols is 1. The second-order valence-electron chi connectivity index (χ2n) is 7.24. The lowest BCUT2D eigenvalue weighted by molar-refractivity contribution is 0.0977. The average Bonchev–Trinajstić information content (AvgIpc) is 3.23. The lowest BCUT2D eigenvalue weighted by Crippen LogP contribution is -2.13. The van der Waals surface area contributed by atoms with Gasteiger partial charge in [0.15, 0.2) is 5.78 Å². The minimum atomic E-state index is -0.416. The smallest absolute Gasteiger partial charge is 0.224 e. The number of aromatic hydroxyl groups is 1. The summed E-state index contributed by atoms with van der Waals surface area (Å²) in [7, 11) is 0. The number of carbonyl (C=O) groups excluding carboxylic acids is 1. The molecule has 0 fully saturated rings. The number of rotatable bonds is 8. The zero-order chi connectivity index (χ0) is 21.8. The second kappa shape index (κ2) is 9.18. The molecule has 1 aromatic carbocycles. The Hall–Kier alpha value is -3.39. The zero-order valence-corrected chi connectivity index (χ0v) is 17.7. The van der Waals surface area contributed by atoms with E-state index in [0.29, 0.717) is 42.0 Å². The molecule has 6 nitrogen and oxygen atoms in total. The fraction of sp³-hybridized carbons (Fsp3) is 0.217. The lowest BCUT2D eigenvalue weighted by atomic mass is 10.0. The topological polar surface area (TPSA) is 88.0 Å². The SMILES string of the molecule is C[C@H](Nc1nc(C(=O)CCCc2ccccc2O)c2sccc2n1)c1cncc(F)c1. The van der Waals surface area contributed by atoms with Crippen molar-refractivity contribution in [1.82, 2.24) is 15.0 Å². The number of phenolic OH excluding ortho intramolecular Hbond substituents is 1. The van der Waals surface area contributed by atoms with Gasteiger partial charge in [-0.2, -0.15) is 0 Å². The van der Waals surface area contributed by atoms with Crippen LogP contribution in [-0.4, -0.2) is 25.8 Å². The number of carbonyl (C=O) groups is 1. The Balaban J connectivity index is 1.51. The minimum absolute atomic E-state index is 0.0756. The molecule has 3 aromatic heterocycles. The van der Waals surface area contributed by atoms with Gasteiger partial charge < -0.3 is 10.4 Å². The molecule has 0 saturated carbocycles. The number of benzene rings is 1. The molecule has 0 aliphatic rings. The van der Waals surface area contributed by atoms with Gasteiger partial charge in [0.05, 0.1) is 22.5 Å². The van der Waals surface area contributed by atoms with E-state index < -0.39 is 5.82 Å². The number of anilines is 1. The number of fused-ring (bicyclic) bond motifs is 1. The molecule has 2 N–H and O–H groups in total. The van der Waals surface area contributed by atoms with Crippen molar-refractivity contribution in [2.75, 3.05) is 5.32 Å². The molecular formula is C23H21FN4O2S. The molecule has 8 heteroatoms. The third-order valence-electron chi connectivity index (χ3n) is 4.98.